The summed E-state index contributed by atoms with van der Waals surface area (Å²) in [6, 6.07) is 15.8. The molecule has 2 rings (SSSR count). The molecular weight excluding hydrogens is 316 g/mol. The van der Waals surface area contributed by atoms with Gasteiger partial charge < -0.3 is 9.47 Å². The number of ketones is 1. The summed E-state index contributed by atoms with van der Waals surface area (Å²) in [5.41, 5.74) is 1.18. The molecule has 0 amide bonds. The minimum atomic E-state index is -0.613. The number of Topliss-reactive ketones (excluding diaryl/α,β-unsaturated/α-hetero) is 1. The Morgan fingerprint density at radius 1 is 1.00 bits per heavy atom. The van der Waals surface area contributed by atoms with E-state index in [4.69, 9.17) is 9.47 Å². The van der Waals surface area contributed by atoms with E-state index in [1.54, 1.807) is 61.7 Å². The number of hydrogen-bond donors (Lipinski definition) is 0. The maximum Gasteiger partial charge on any atom is 0.342 e. The third-order valence-electron chi connectivity index (χ3n) is 3.48. The minimum absolute atomic E-state index is 0.0111. The van der Waals surface area contributed by atoms with Gasteiger partial charge in [-0.1, -0.05) is 56.3 Å². The van der Waals surface area contributed by atoms with E-state index in [1.807, 2.05) is 19.9 Å². The summed E-state index contributed by atoms with van der Waals surface area (Å²) >= 11 is 0. The number of carbonyl (C=O) groups is 2. The number of carbonyl (C=O) groups excluding carboxylic acids is 2. The first-order chi connectivity index (χ1) is 12.0. The molecule has 130 valence electrons. The van der Waals surface area contributed by atoms with E-state index in [-0.39, 0.29) is 23.9 Å². The van der Waals surface area contributed by atoms with Gasteiger partial charge in [0.1, 0.15) is 11.3 Å². The van der Waals surface area contributed by atoms with Crippen LogP contribution in [0.15, 0.2) is 60.2 Å². The van der Waals surface area contributed by atoms with Crippen molar-refractivity contribution < 1.29 is 19.1 Å². The lowest BCUT2D eigenvalue weighted by Gasteiger charge is -2.10. The lowest BCUT2D eigenvalue weighted by molar-refractivity contribution is -0.139. The van der Waals surface area contributed by atoms with Crippen LogP contribution >= 0.6 is 0 Å². The summed E-state index contributed by atoms with van der Waals surface area (Å²) < 4.78 is 10.4. The van der Waals surface area contributed by atoms with Crippen LogP contribution in [0, 0.1) is 5.92 Å². The van der Waals surface area contributed by atoms with Crippen molar-refractivity contribution in [2.45, 2.75) is 13.8 Å². The van der Waals surface area contributed by atoms with E-state index in [0.717, 1.165) is 5.56 Å². The molecule has 0 N–H and O–H groups in total. The van der Waals surface area contributed by atoms with Crippen LogP contribution < -0.4 is 4.74 Å². The summed E-state index contributed by atoms with van der Waals surface area (Å²) in [6.45, 7) is 4.15. The van der Waals surface area contributed by atoms with Gasteiger partial charge in [-0.05, 0) is 29.7 Å². The maximum atomic E-state index is 12.8. The summed E-state index contributed by atoms with van der Waals surface area (Å²) in [5.74, 6) is -0.0722. The van der Waals surface area contributed by atoms with Crippen molar-refractivity contribution in [1.82, 2.24) is 0 Å². The molecule has 0 fully saturated rings. The molecule has 0 spiro atoms. The molecule has 2 aromatic carbocycles. The van der Waals surface area contributed by atoms with Crippen LogP contribution in [0.5, 0.6) is 5.75 Å². The van der Waals surface area contributed by atoms with Gasteiger partial charge in [0, 0.05) is 5.56 Å². The summed E-state index contributed by atoms with van der Waals surface area (Å²) in [7, 11) is 1.58. The highest BCUT2D eigenvalue weighted by Crippen LogP contribution is 2.18. The van der Waals surface area contributed by atoms with Crippen molar-refractivity contribution in [1.29, 1.82) is 0 Å². The second-order valence-electron chi connectivity index (χ2n) is 6.02. The zero-order valence-corrected chi connectivity index (χ0v) is 14.7. The zero-order chi connectivity index (χ0) is 18.2. The molecule has 0 radical (unpaired) electrons. The molecule has 0 atom stereocenters. The molecule has 0 bridgehead atoms. The fourth-order valence-electron chi connectivity index (χ4n) is 2.15. The van der Waals surface area contributed by atoms with Crippen LogP contribution in [0.2, 0.25) is 0 Å². The topological polar surface area (TPSA) is 52.6 Å². The summed E-state index contributed by atoms with van der Waals surface area (Å²) in [6.07, 6.45) is 1.55. The van der Waals surface area contributed by atoms with Gasteiger partial charge >= 0.3 is 5.97 Å². The van der Waals surface area contributed by atoms with E-state index in [0.29, 0.717) is 11.3 Å². The van der Waals surface area contributed by atoms with Crippen molar-refractivity contribution in [2.75, 3.05) is 13.7 Å². The van der Waals surface area contributed by atoms with Crippen LogP contribution in [0.4, 0.5) is 0 Å². The van der Waals surface area contributed by atoms with Gasteiger partial charge in [0.25, 0.3) is 0 Å². The molecule has 0 saturated carbocycles. The number of benzene rings is 2. The van der Waals surface area contributed by atoms with Gasteiger partial charge in [-0.15, -0.1) is 0 Å². The predicted octanol–water partition coefficient (Wildman–Crippen LogP) is 4.16. The highest BCUT2D eigenvalue weighted by molar-refractivity contribution is 6.26. The lowest BCUT2D eigenvalue weighted by Crippen LogP contribution is -2.18. The van der Waals surface area contributed by atoms with Crippen molar-refractivity contribution in [3.05, 3.63) is 71.3 Å². The number of ether oxygens (including phenoxy) is 2. The molecule has 0 aromatic heterocycles. The van der Waals surface area contributed by atoms with Gasteiger partial charge in [-0.2, -0.15) is 0 Å². The Balaban J connectivity index is 2.35. The number of rotatable bonds is 7. The van der Waals surface area contributed by atoms with Gasteiger partial charge in [-0.3, -0.25) is 4.79 Å². The third kappa shape index (κ3) is 5.31. The molecule has 4 nitrogen and oxygen atoms in total. The van der Waals surface area contributed by atoms with Crippen LogP contribution in [0.3, 0.4) is 0 Å². The second kappa shape index (κ2) is 8.83. The van der Waals surface area contributed by atoms with Crippen LogP contribution in [-0.2, 0) is 9.53 Å². The minimum Gasteiger partial charge on any atom is -0.497 e. The highest BCUT2D eigenvalue weighted by atomic mass is 16.5. The Labute approximate surface area is 148 Å². The number of methoxy groups -OCH3 is 1. The Bertz CT molecular complexity index is 743. The van der Waals surface area contributed by atoms with Gasteiger partial charge in [0.15, 0.2) is 5.78 Å². The third-order valence-corrected chi connectivity index (χ3v) is 3.48. The Kier molecular flexibility index (Phi) is 6.52. The average molecular weight is 338 g/mol. The molecule has 0 unspecified atom stereocenters. The first kappa shape index (κ1) is 18.5. The molecule has 0 saturated heterocycles. The smallest absolute Gasteiger partial charge is 0.342 e. The maximum absolute atomic E-state index is 12.8. The highest BCUT2D eigenvalue weighted by Gasteiger charge is 2.21. The van der Waals surface area contributed by atoms with Crippen molar-refractivity contribution in [2.24, 2.45) is 5.92 Å². The van der Waals surface area contributed by atoms with E-state index in [9.17, 15) is 9.59 Å². The van der Waals surface area contributed by atoms with E-state index < -0.39 is 5.97 Å². The lowest BCUT2D eigenvalue weighted by atomic mass is 10.0. The normalized spacial score (nSPS) is 11.3. The second-order valence-corrected chi connectivity index (χ2v) is 6.02. The Hall–Kier alpha value is -2.88. The SMILES string of the molecule is COc1ccc(/C=C(/C(=O)OCC(C)C)C(=O)c2ccccc2)cc1. The summed E-state index contributed by atoms with van der Waals surface area (Å²) in [4.78, 5) is 25.2. The van der Waals surface area contributed by atoms with Gasteiger partial charge in [0.05, 0.1) is 13.7 Å². The monoisotopic (exact) mass is 338 g/mol. The molecule has 0 aliphatic heterocycles. The molecule has 25 heavy (non-hydrogen) atoms. The van der Waals surface area contributed by atoms with Crippen molar-refractivity contribution >= 4 is 17.8 Å². The molecule has 0 aliphatic rings. The quantitative estimate of drug-likeness (QED) is 0.250. The summed E-state index contributed by atoms with van der Waals surface area (Å²) in [5, 5.41) is 0. The molecule has 0 aliphatic carbocycles. The molecule has 0 heterocycles. The zero-order valence-electron chi connectivity index (χ0n) is 14.7. The number of esters is 1. The van der Waals surface area contributed by atoms with Crippen molar-refractivity contribution in [3.8, 4) is 5.75 Å². The fraction of sp³-hybridized carbons (Fsp3) is 0.238. The van der Waals surface area contributed by atoms with Crippen LogP contribution in [-0.4, -0.2) is 25.5 Å². The van der Waals surface area contributed by atoms with E-state index in [2.05, 4.69) is 0 Å². The first-order valence-electron chi connectivity index (χ1n) is 8.14. The molecule has 2 aromatic rings. The first-order valence-corrected chi connectivity index (χ1v) is 8.14. The molecule has 4 heteroatoms. The largest absolute Gasteiger partial charge is 0.497 e. The average Bonchev–Trinajstić information content (AvgIpc) is 2.64. The van der Waals surface area contributed by atoms with E-state index in [1.165, 1.54) is 0 Å². The standard InChI is InChI=1S/C21H22O4/c1-15(2)14-25-21(23)19(20(22)17-7-5-4-6-8-17)13-16-9-11-18(24-3)12-10-16/h4-13,15H,14H2,1-3H3/b19-13+. The van der Waals surface area contributed by atoms with Crippen molar-refractivity contribution in [3.63, 3.8) is 0 Å². The van der Waals surface area contributed by atoms with Gasteiger partial charge in [-0.25, -0.2) is 4.79 Å². The van der Waals surface area contributed by atoms with Crippen LogP contribution in [0.25, 0.3) is 6.08 Å². The van der Waals surface area contributed by atoms with E-state index >= 15 is 0 Å². The number of hydrogen-bond acceptors (Lipinski definition) is 4. The van der Waals surface area contributed by atoms with Crippen LogP contribution in [0.1, 0.15) is 29.8 Å². The Morgan fingerprint density at radius 2 is 1.64 bits per heavy atom. The fourth-order valence-corrected chi connectivity index (χ4v) is 2.15. The van der Waals surface area contributed by atoms with Gasteiger partial charge in [0.2, 0.25) is 0 Å². The Morgan fingerprint density at radius 3 is 2.20 bits per heavy atom. The predicted molar refractivity (Wildman–Crippen MR) is 97.5 cm³/mol. The molecular formula is C21H22O4.